The molecule has 8 heteroatoms. The van der Waals surface area contributed by atoms with Crippen molar-refractivity contribution in [3.63, 3.8) is 0 Å². The monoisotopic (exact) mass is 354 g/mol. The first kappa shape index (κ1) is 18.9. The Bertz CT molecular complexity index is 603. The van der Waals surface area contributed by atoms with Crippen LogP contribution in [0.3, 0.4) is 0 Å². The molecule has 0 radical (unpaired) electrons. The Balaban J connectivity index is 1.90. The van der Waals surface area contributed by atoms with E-state index < -0.39 is 12.3 Å². The molecule has 1 aliphatic rings. The molecule has 0 amide bonds. The molecule has 25 heavy (non-hydrogen) atoms. The van der Waals surface area contributed by atoms with Crippen molar-refractivity contribution in [3.05, 3.63) is 23.8 Å². The molecular formula is C17H22O8. The van der Waals surface area contributed by atoms with Gasteiger partial charge in [-0.1, -0.05) is 13.0 Å². The molecule has 1 aromatic carbocycles. The fourth-order valence-corrected chi connectivity index (χ4v) is 2.17. The van der Waals surface area contributed by atoms with E-state index in [1.807, 2.05) is 6.92 Å². The number of benzene rings is 1. The van der Waals surface area contributed by atoms with Gasteiger partial charge in [0.1, 0.15) is 13.2 Å². The van der Waals surface area contributed by atoms with Gasteiger partial charge in [-0.3, -0.25) is 0 Å². The maximum Gasteiger partial charge on any atom is 0.513 e. The molecule has 0 saturated carbocycles. The number of rotatable bonds is 7. The van der Waals surface area contributed by atoms with Crippen LogP contribution in [-0.4, -0.2) is 45.8 Å². The highest BCUT2D eigenvalue weighted by Crippen LogP contribution is 2.29. The highest BCUT2D eigenvalue weighted by Gasteiger charge is 2.33. The molecule has 0 unspecified atom stereocenters. The van der Waals surface area contributed by atoms with Gasteiger partial charge in [0.25, 0.3) is 0 Å². The highest BCUT2D eigenvalue weighted by atomic mass is 16.7. The zero-order valence-electron chi connectivity index (χ0n) is 14.5. The third-order valence-electron chi connectivity index (χ3n) is 3.48. The fourth-order valence-electron chi connectivity index (χ4n) is 2.17. The normalized spacial score (nSPS) is 15.7. The molecule has 1 saturated heterocycles. The van der Waals surface area contributed by atoms with Crippen LogP contribution < -0.4 is 9.47 Å². The first-order valence-corrected chi connectivity index (χ1v) is 7.84. The van der Waals surface area contributed by atoms with Gasteiger partial charge in [0.2, 0.25) is 0 Å². The van der Waals surface area contributed by atoms with Gasteiger partial charge in [0.05, 0.1) is 32.3 Å². The van der Waals surface area contributed by atoms with Crippen LogP contribution in [0.2, 0.25) is 0 Å². The second kappa shape index (κ2) is 8.57. The van der Waals surface area contributed by atoms with Crippen LogP contribution >= 0.6 is 0 Å². The molecule has 0 aromatic heterocycles. The third-order valence-corrected chi connectivity index (χ3v) is 3.48. The van der Waals surface area contributed by atoms with Gasteiger partial charge in [-0.2, -0.15) is 0 Å². The molecule has 0 bridgehead atoms. The summed E-state index contributed by atoms with van der Waals surface area (Å²) in [6.07, 6.45) is -1.44. The summed E-state index contributed by atoms with van der Waals surface area (Å²) in [5.41, 5.74) is 0.454. The Hall–Kier alpha value is -2.48. The number of methoxy groups -OCH3 is 1. The lowest BCUT2D eigenvalue weighted by atomic mass is 9.94. The summed E-state index contributed by atoms with van der Waals surface area (Å²) < 4.78 is 30.5. The Morgan fingerprint density at radius 3 is 2.60 bits per heavy atom. The predicted octanol–water partition coefficient (Wildman–Crippen LogP) is 2.92. The van der Waals surface area contributed by atoms with E-state index in [0.717, 1.165) is 5.56 Å². The Labute approximate surface area is 145 Å². The third kappa shape index (κ3) is 5.53. The Morgan fingerprint density at radius 2 is 1.96 bits per heavy atom. The van der Waals surface area contributed by atoms with Crippen molar-refractivity contribution in [1.82, 2.24) is 0 Å². The van der Waals surface area contributed by atoms with Crippen LogP contribution in [0.25, 0.3) is 0 Å². The van der Waals surface area contributed by atoms with Crippen LogP contribution in [-0.2, 0) is 25.6 Å². The summed E-state index contributed by atoms with van der Waals surface area (Å²) in [4.78, 5) is 22.3. The number of cyclic esters (lactones) is 2. The Morgan fingerprint density at radius 1 is 1.24 bits per heavy atom. The lowest BCUT2D eigenvalue weighted by Crippen LogP contribution is -2.40. The Kier molecular flexibility index (Phi) is 6.46. The maximum atomic E-state index is 11.4. The average Bonchev–Trinajstić information content (AvgIpc) is 2.59. The minimum atomic E-state index is -0.787. The first-order valence-electron chi connectivity index (χ1n) is 7.84. The number of hydrogen-bond donors (Lipinski definition) is 0. The highest BCUT2D eigenvalue weighted by molar-refractivity contribution is 5.65. The summed E-state index contributed by atoms with van der Waals surface area (Å²) in [7, 11) is 1.48. The molecule has 138 valence electrons. The molecule has 1 heterocycles. The van der Waals surface area contributed by atoms with E-state index in [4.69, 9.17) is 28.4 Å². The van der Waals surface area contributed by atoms with E-state index in [1.165, 1.54) is 7.11 Å². The zero-order chi connectivity index (χ0) is 18.3. The molecule has 0 atom stereocenters. The van der Waals surface area contributed by atoms with Crippen molar-refractivity contribution in [2.24, 2.45) is 5.41 Å². The largest absolute Gasteiger partial charge is 0.513 e. The molecule has 1 fully saturated rings. The smallest absolute Gasteiger partial charge is 0.493 e. The van der Waals surface area contributed by atoms with Crippen molar-refractivity contribution in [3.8, 4) is 11.5 Å². The summed E-state index contributed by atoms with van der Waals surface area (Å²) in [5.74, 6) is 0.666. The quantitative estimate of drug-likeness (QED) is 0.545. The first-order chi connectivity index (χ1) is 12.0. The number of hydrogen-bond acceptors (Lipinski definition) is 8. The number of ether oxygens (including phenoxy) is 6. The van der Waals surface area contributed by atoms with Gasteiger partial charge in [-0.25, -0.2) is 9.59 Å². The number of carbonyl (C=O) groups excluding carboxylic acids is 2. The van der Waals surface area contributed by atoms with Crippen molar-refractivity contribution < 1.29 is 38.0 Å². The van der Waals surface area contributed by atoms with Gasteiger partial charge in [-0.15, -0.1) is 0 Å². The summed E-state index contributed by atoms with van der Waals surface area (Å²) in [6.45, 7) is 5.02. The summed E-state index contributed by atoms with van der Waals surface area (Å²) in [6, 6.07) is 5.09. The second-order valence-corrected chi connectivity index (χ2v) is 5.90. The lowest BCUT2D eigenvalue weighted by Gasteiger charge is -2.31. The molecular weight excluding hydrogens is 332 g/mol. The minimum absolute atomic E-state index is 0.227. The zero-order valence-corrected chi connectivity index (χ0v) is 14.5. The van der Waals surface area contributed by atoms with E-state index in [9.17, 15) is 9.59 Å². The van der Waals surface area contributed by atoms with Crippen LogP contribution in [0.5, 0.6) is 11.5 Å². The van der Waals surface area contributed by atoms with E-state index in [1.54, 1.807) is 25.1 Å². The molecule has 1 aromatic rings. The van der Waals surface area contributed by atoms with Crippen LogP contribution in [0, 0.1) is 5.41 Å². The van der Waals surface area contributed by atoms with Gasteiger partial charge in [-0.05, 0) is 24.6 Å². The summed E-state index contributed by atoms with van der Waals surface area (Å²) >= 11 is 0. The van der Waals surface area contributed by atoms with Gasteiger partial charge in [0, 0.05) is 0 Å². The topological polar surface area (TPSA) is 89.5 Å². The van der Waals surface area contributed by atoms with E-state index >= 15 is 0 Å². The maximum absolute atomic E-state index is 11.4. The molecule has 1 aliphatic heterocycles. The fraction of sp³-hybridized carbons (Fsp3) is 0.529. The van der Waals surface area contributed by atoms with Gasteiger partial charge in [0.15, 0.2) is 11.5 Å². The van der Waals surface area contributed by atoms with E-state index in [2.05, 4.69) is 0 Å². The van der Waals surface area contributed by atoms with Crippen molar-refractivity contribution in [2.75, 3.05) is 33.5 Å². The van der Waals surface area contributed by atoms with E-state index in [0.29, 0.717) is 19.0 Å². The van der Waals surface area contributed by atoms with E-state index in [-0.39, 0.29) is 31.0 Å². The van der Waals surface area contributed by atoms with Gasteiger partial charge >= 0.3 is 12.3 Å². The van der Waals surface area contributed by atoms with Crippen molar-refractivity contribution in [2.45, 2.75) is 20.5 Å². The van der Waals surface area contributed by atoms with Crippen molar-refractivity contribution in [1.29, 1.82) is 0 Å². The van der Waals surface area contributed by atoms with Crippen LogP contribution in [0.4, 0.5) is 9.59 Å². The lowest BCUT2D eigenvalue weighted by molar-refractivity contribution is -0.0876. The molecule has 0 N–H and O–H groups in total. The molecule has 0 aliphatic carbocycles. The number of carbonyl (C=O) groups is 2. The molecule has 0 spiro atoms. The standard InChI is InChI=1S/C17H22O8/c1-4-22-16(19)25-13-6-5-12(7-14(13)20-3)8-21-9-17(2)10-23-15(18)24-11-17/h5-7H,4,8-11H2,1-3H3. The minimum Gasteiger partial charge on any atom is -0.493 e. The molecule has 2 rings (SSSR count). The SMILES string of the molecule is CCOC(=O)Oc1ccc(COCC2(C)COC(=O)OC2)cc1OC. The average molecular weight is 354 g/mol. The van der Waals surface area contributed by atoms with Crippen molar-refractivity contribution >= 4 is 12.3 Å². The summed E-state index contributed by atoms with van der Waals surface area (Å²) in [5, 5.41) is 0. The predicted molar refractivity (Wildman–Crippen MR) is 85.7 cm³/mol. The van der Waals surface area contributed by atoms with Gasteiger partial charge < -0.3 is 28.4 Å². The second-order valence-electron chi connectivity index (χ2n) is 5.90. The van der Waals surface area contributed by atoms with Crippen LogP contribution in [0.1, 0.15) is 19.4 Å². The molecule has 8 nitrogen and oxygen atoms in total. The van der Waals surface area contributed by atoms with Crippen LogP contribution in [0.15, 0.2) is 18.2 Å².